The summed E-state index contributed by atoms with van der Waals surface area (Å²) in [4.78, 5) is 15.0. The molecular weight excluding hydrogens is 462 g/mol. The van der Waals surface area contributed by atoms with Crippen molar-refractivity contribution in [3.8, 4) is 0 Å². The molecule has 0 spiro atoms. The summed E-state index contributed by atoms with van der Waals surface area (Å²) in [5.41, 5.74) is 5.75. The summed E-state index contributed by atoms with van der Waals surface area (Å²) in [6, 6.07) is 20.5. The van der Waals surface area contributed by atoms with Gasteiger partial charge >= 0.3 is 0 Å². The number of hydrogen-bond donors (Lipinski definition) is 1. The summed E-state index contributed by atoms with van der Waals surface area (Å²) in [7, 11) is -3.49. The van der Waals surface area contributed by atoms with Gasteiger partial charge in [-0.3, -0.25) is 9.10 Å². The molecule has 0 saturated carbocycles. The van der Waals surface area contributed by atoms with E-state index in [0.29, 0.717) is 16.9 Å². The first-order valence-electron chi connectivity index (χ1n) is 11.6. The van der Waals surface area contributed by atoms with Crippen LogP contribution in [0.3, 0.4) is 0 Å². The largest absolute Gasteiger partial charge is 0.378 e. The standard InChI is InChI=1S/C27H31N3O4S/c1-20-16-21(2)18-26(17-20)30(35(3,32)33)19-22-4-6-23(7-5-22)27(31)28-24-8-10-25(11-9-24)29-12-14-34-15-13-29/h4-11,16-18H,12-15,19H2,1-3H3,(H,28,31). The minimum absolute atomic E-state index is 0.187. The second-order valence-corrected chi connectivity index (χ2v) is 10.8. The summed E-state index contributed by atoms with van der Waals surface area (Å²) < 4.78 is 31.8. The van der Waals surface area contributed by atoms with Gasteiger partial charge in [0.1, 0.15) is 0 Å². The smallest absolute Gasteiger partial charge is 0.255 e. The molecule has 1 saturated heterocycles. The second-order valence-electron chi connectivity index (χ2n) is 8.91. The highest BCUT2D eigenvalue weighted by Gasteiger charge is 2.19. The maximum atomic E-state index is 12.7. The molecule has 0 unspecified atom stereocenters. The summed E-state index contributed by atoms with van der Waals surface area (Å²) in [6.07, 6.45) is 1.21. The Balaban J connectivity index is 1.43. The SMILES string of the molecule is Cc1cc(C)cc(N(Cc2ccc(C(=O)Nc3ccc(N4CCOCC4)cc3)cc2)S(C)(=O)=O)c1. The molecular formula is C27H31N3O4S. The zero-order chi connectivity index (χ0) is 25.0. The Morgan fingerprint density at radius 2 is 1.54 bits per heavy atom. The van der Waals surface area contributed by atoms with Crippen molar-refractivity contribution >= 4 is 33.0 Å². The third-order valence-corrected chi connectivity index (χ3v) is 7.08. The molecule has 8 heteroatoms. The number of hydrogen-bond acceptors (Lipinski definition) is 5. The van der Waals surface area contributed by atoms with E-state index >= 15 is 0 Å². The van der Waals surface area contributed by atoms with E-state index in [0.717, 1.165) is 48.7 Å². The van der Waals surface area contributed by atoms with E-state index in [-0.39, 0.29) is 12.5 Å². The number of benzene rings is 3. The first-order chi connectivity index (χ1) is 16.7. The molecule has 35 heavy (non-hydrogen) atoms. The van der Waals surface area contributed by atoms with Gasteiger partial charge in [0.25, 0.3) is 5.91 Å². The number of ether oxygens (including phenoxy) is 1. The molecule has 1 aliphatic heterocycles. The average molecular weight is 494 g/mol. The molecule has 3 aromatic rings. The monoisotopic (exact) mass is 493 g/mol. The van der Waals surface area contributed by atoms with Crippen LogP contribution in [0, 0.1) is 13.8 Å². The Morgan fingerprint density at radius 1 is 0.943 bits per heavy atom. The van der Waals surface area contributed by atoms with Gasteiger partial charge < -0.3 is 15.0 Å². The van der Waals surface area contributed by atoms with Crippen LogP contribution in [0.1, 0.15) is 27.0 Å². The summed E-state index contributed by atoms with van der Waals surface area (Å²) in [5, 5.41) is 2.92. The van der Waals surface area contributed by atoms with Crippen LogP contribution in [0.25, 0.3) is 0 Å². The fourth-order valence-corrected chi connectivity index (χ4v) is 5.07. The normalized spacial score (nSPS) is 14.0. The fraction of sp³-hybridized carbons (Fsp3) is 0.296. The predicted octanol–water partition coefficient (Wildman–Crippen LogP) is 4.36. The zero-order valence-corrected chi connectivity index (χ0v) is 21.1. The lowest BCUT2D eigenvalue weighted by atomic mass is 10.1. The van der Waals surface area contributed by atoms with Crippen molar-refractivity contribution in [1.29, 1.82) is 0 Å². The topological polar surface area (TPSA) is 79.0 Å². The van der Waals surface area contributed by atoms with Gasteiger partial charge in [0, 0.05) is 30.0 Å². The minimum atomic E-state index is -3.49. The van der Waals surface area contributed by atoms with Crippen LogP contribution in [0.4, 0.5) is 17.1 Å². The first kappa shape index (κ1) is 24.8. The van der Waals surface area contributed by atoms with Crippen molar-refractivity contribution in [2.75, 3.05) is 47.1 Å². The molecule has 4 rings (SSSR count). The molecule has 0 radical (unpaired) electrons. The van der Waals surface area contributed by atoms with Crippen molar-refractivity contribution in [2.45, 2.75) is 20.4 Å². The maximum Gasteiger partial charge on any atom is 0.255 e. The number of sulfonamides is 1. The van der Waals surface area contributed by atoms with Crippen molar-refractivity contribution in [2.24, 2.45) is 0 Å². The van der Waals surface area contributed by atoms with Gasteiger partial charge in [-0.1, -0.05) is 18.2 Å². The molecule has 0 atom stereocenters. The van der Waals surface area contributed by atoms with Crippen molar-refractivity contribution < 1.29 is 17.9 Å². The predicted molar refractivity (Wildman–Crippen MR) is 141 cm³/mol. The molecule has 184 valence electrons. The van der Waals surface area contributed by atoms with Gasteiger partial charge in [0.15, 0.2) is 0 Å². The highest BCUT2D eigenvalue weighted by atomic mass is 32.2. The highest BCUT2D eigenvalue weighted by Crippen LogP contribution is 2.24. The number of carbonyl (C=O) groups is 1. The molecule has 3 aromatic carbocycles. The van der Waals surface area contributed by atoms with Crippen molar-refractivity contribution in [3.63, 3.8) is 0 Å². The Morgan fingerprint density at radius 3 is 2.11 bits per heavy atom. The van der Waals surface area contributed by atoms with E-state index in [1.807, 2.05) is 56.3 Å². The molecule has 1 heterocycles. The molecule has 1 N–H and O–H groups in total. The Hall–Kier alpha value is -3.36. The summed E-state index contributed by atoms with van der Waals surface area (Å²) in [6.45, 7) is 7.24. The van der Waals surface area contributed by atoms with Crippen LogP contribution < -0.4 is 14.5 Å². The van der Waals surface area contributed by atoms with E-state index < -0.39 is 10.0 Å². The molecule has 1 aliphatic rings. The Bertz CT molecular complexity index is 1260. The van der Waals surface area contributed by atoms with Gasteiger partial charge in [-0.2, -0.15) is 0 Å². The lowest BCUT2D eigenvalue weighted by molar-refractivity contribution is 0.102. The second kappa shape index (κ2) is 10.5. The summed E-state index contributed by atoms with van der Waals surface area (Å²) in [5.74, 6) is -0.218. The van der Waals surface area contributed by atoms with Gasteiger partial charge in [-0.05, 0) is 79.1 Å². The molecule has 0 aliphatic carbocycles. The molecule has 7 nitrogen and oxygen atoms in total. The van der Waals surface area contributed by atoms with E-state index in [1.165, 1.54) is 10.6 Å². The zero-order valence-electron chi connectivity index (χ0n) is 20.3. The average Bonchev–Trinajstić information content (AvgIpc) is 2.82. The number of carbonyl (C=O) groups excluding carboxylic acids is 1. The van der Waals surface area contributed by atoms with Gasteiger partial charge in [-0.15, -0.1) is 0 Å². The quantitative estimate of drug-likeness (QED) is 0.529. The van der Waals surface area contributed by atoms with Crippen LogP contribution in [0.15, 0.2) is 66.7 Å². The lowest BCUT2D eigenvalue weighted by Gasteiger charge is -2.28. The van der Waals surface area contributed by atoms with E-state index in [2.05, 4.69) is 10.2 Å². The third-order valence-electron chi connectivity index (χ3n) is 5.94. The van der Waals surface area contributed by atoms with E-state index in [1.54, 1.807) is 24.3 Å². The van der Waals surface area contributed by atoms with Crippen LogP contribution in [0.2, 0.25) is 0 Å². The van der Waals surface area contributed by atoms with Crippen molar-refractivity contribution in [1.82, 2.24) is 0 Å². The number of morpholine rings is 1. The van der Waals surface area contributed by atoms with Crippen LogP contribution in [0.5, 0.6) is 0 Å². The maximum absolute atomic E-state index is 12.7. The van der Waals surface area contributed by atoms with E-state index in [4.69, 9.17) is 4.74 Å². The molecule has 0 aromatic heterocycles. The first-order valence-corrected chi connectivity index (χ1v) is 13.4. The summed E-state index contributed by atoms with van der Waals surface area (Å²) >= 11 is 0. The minimum Gasteiger partial charge on any atom is -0.378 e. The fourth-order valence-electron chi connectivity index (χ4n) is 4.20. The van der Waals surface area contributed by atoms with Crippen molar-refractivity contribution in [3.05, 3.63) is 89.0 Å². The number of nitrogens with zero attached hydrogens (tertiary/aromatic N) is 2. The number of nitrogens with one attached hydrogen (secondary N) is 1. The Kier molecular flexibility index (Phi) is 7.42. The molecule has 1 fully saturated rings. The van der Waals surface area contributed by atoms with Gasteiger partial charge in [0.05, 0.1) is 31.7 Å². The van der Waals surface area contributed by atoms with Crippen LogP contribution in [-0.4, -0.2) is 46.9 Å². The molecule has 1 amide bonds. The number of amides is 1. The lowest BCUT2D eigenvalue weighted by Crippen LogP contribution is -2.36. The van der Waals surface area contributed by atoms with Crippen LogP contribution >= 0.6 is 0 Å². The van der Waals surface area contributed by atoms with Gasteiger partial charge in [0.2, 0.25) is 10.0 Å². The Labute approximate surface area is 207 Å². The number of anilines is 3. The van der Waals surface area contributed by atoms with E-state index in [9.17, 15) is 13.2 Å². The molecule has 0 bridgehead atoms. The third kappa shape index (κ3) is 6.41. The number of aryl methyl sites for hydroxylation is 2. The van der Waals surface area contributed by atoms with Gasteiger partial charge in [-0.25, -0.2) is 8.42 Å². The van der Waals surface area contributed by atoms with Crippen LogP contribution in [-0.2, 0) is 21.3 Å². The number of rotatable bonds is 7. The highest BCUT2D eigenvalue weighted by molar-refractivity contribution is 7.92.